The first-order chi connectivity index (χ1) is 6.99. The third-order valence-corrected chi connectivity index (χ3v) is 4.23. The topological polar surface area (TPSA) is 66.4 Å². The second-order valence-electron chi connectivity index (χ2n) is 4.14. The monoisotopic (exact) mass is 231 g/mol. The molecule has 0 aromatic carbocycles. The molecule has 1 aliphatic carbocycles. The standard InChI is InChI=1S/C10H17NO3S/c1-7(9(14)11-2)15-6-10(3-4-10)5-8(12)13/h7H,3-6H2,1-2H3,(H,11,14)(H,12,13). The number of rotatable bonds is 6. The maximum atomic E-state index is 11.2. The molecule has 1 atom stereocenters. The van der Waals surface area contributed by atoms with Gasteiger partial charge in [0, 0.05) is 12.8 Å². The Labute approximate surface area is 93.8 Å². The van der Waals surface area contributed by atoms with Gasteiger partial charge >= 0.3 is 5.97 Å². The van der Waals surface area contributed by atoms with E-state index in [1.807, 2.05) is 6.92 Å². The van der Waals surface area contributed by atoms with E-state index >= 15 is 0 Å². The predicted octanol–water partition coefficient (Wildman–Crippen LogP) is 1.11. The van der Waals surface area contributed by atoms with Gasteiger partial charge in [0.2, 0.25) is 5.91 Å². The Hall–Kier alpha value is -0.710. The van der Waals surface area contributed by atoms with Crippen LogP contribution in [-0.2, 0) is 9.59 Å². The van der Waals surface area contributed by atoms with Crippen molar-refractivity contribution in [3.05, 3.63) is 0 Å². The van der Waals surface area contributed by atoms with Crippen LogP contribution in [0, 0.1) is 5.41 Å². The maximum Gasteiger partial charge on any atom is 0.303 e. The number of carbonyl (C=O) groups is 2. The van der Waals surface area contributed by atoms with E-state index in [4.69, 9.17) is 5.11 Å². The van der Waals surface area contributed by atoms with E-state index in [9.17, 15) is 9.59 Å². The number of hydrogen-bond acceptors (Lipinski definition) is 3. The molecule has 0 aliphatic heterocycles. The minimum atomic E-state index is -0.735. The molecule has 1 aliphatic rings. The van der Waals surface area contributed by atoms with Gasteiger partial charge < -0.3 is 10.4 Å². The van der Waals surface area contributed by atoms with Crippen LogP contribution in [0.15, 0.2) is 0 Å². The first-order valence-electron chi connectivity index (χ1n) is 5.04. The van der Waals surface area contributed by atoms with Crippen LogP contribution >= 0.6 is 11.8 Å². The summed E-state index contributed by atoms with van der Waals surface area (Å²) in [6, 6.07) is 0. The van der Waals surface area contributed by atoms with Crippen molar-refractivity contribution in [3.8, 4) is 0 Å². The molecule has 15 heavy (non-hydrogen) atoms. The highest BCUT2D eigenvalue weighted by atomic mass is 32.2. The molecule has 0 bridgehead atoms. The summed E-state index contributed by atoms with van der Waals surface area (Å²) in [6.45, 7) is 1.85. The normalized spacial score (nSPS) is 19.3. The molecule has 0 aromatic rings. The zero-order chi connectivity index (χ0) is 11.5. The number of nitrogens with one attached hydrogen (secondary N) is 1. The van der Waals surface area contributed by atoms with E-state index < -0.39 is 5.97 Å². The molecule has 4 nitrogen and oxygen atoms in total. The Bertz CT molecular complexity index is 263. The summed E-state index contributed by atoms with van der Waals surface area (Å²) in [5.74, 6) is 0.0419. The lowest BCUT2D eigenvalue weighted by Gasteiger charge is -2.15. The molecule has 0 aromatic heterocycles. The summed E-state index contributed by atoms with van der Waals surface area (Å²) in [6.07, 6.45) is 2.19. The Kier molecular flexibility index (Phi) is 4.02. The van der Waals surface area contributed by atoms with Gasteiger partial charge in [-0.15, -0.1) is 11.8 Å². The number of amides is 1. The fraction of sp³-hybridized carbons (Fsp3) is 0.800. The molecule has 0 radical (unpaired) electrons. The van der Waals surface area contributed by atoms with Crippen LogP contribution in [-0.4, -0.2) is 35.0 Å². The Morgan fingerprint density at radius 1 is 1.53 bits per heavy atom. The van der Waals surface area contributed by atoms with Crippen LogP contribution in [0.3, 0.4) is 0 Å². The maximum absolute atomic E-state index is 11.2. The van der Waals surface area contributed by atoms with Gasteiger partial charge in [0.1, 0.15) is 0 Å². The number of carbonyl (C=O) groups excluding carboxylic acids is 1. The van der Waals surface area contributed by atoms with E-state index in [-0.39, 0.29) is 23.0 Å². The van der Waals surface area contributed by atoms with Crippen molar-refractivity contribution in [2.45, 2.75) is 31.4 Å². The van der Waals surface area contributed by atoms with E-state index in [0.717, 1.165) is 18.6 Å². The van der Waals surface area contributed by atoms with Crippen LogP contribution in [0.1, 0.15) is 26.2 Å². The summed E-state index contributed by atoms with van der Waals surface area (Å²) >= 11 is 1.55. The lowest BCUT2D eigenvalue weighted by molar-refractivity contribution is -0.138. The van der Waals surface area contributed by atoms with Crippen molar-refractivity contribution in [1.29, 1.82) is 0 Å². The van der Waals surface area contributed by atoms with Gasteiger partial charge in [0.25, 0.3) is 0 Å². The van der Waals surface area contributed by atoms with Crippen molar-refractivity contribution in [2.75, 3.05) is 12.8 Å². The summed E-state index contributed by atoms with van der Waals surface area (Å²) < 4.78 is 0. The number of carboxylic acids is 1. The molecule has 5 heteroatoms. The molecule has 1 unspecified atom stereocenters. The van der Waals surface area contributed by atoms with Gasteiger partial charge in [-0.3, -0.25) is 9.59 Å². The average molecular weight is 231 g/mol. The number of thioether (sulfide) groups is 1. The van der Waals surface area contributed by atoms with E-state index in [1.54, 1.807) is 18.8 Å². The van der Waals surface area contributed by atoms with Gasteiger partial charge in [-0.05, 0) is 25.2 Å². The first kappa shape index (κ1) is 12.4. The van der Waals surface area contributed by atoms with Crippen molar-refractivity contribution >= 4 is 23.6 Å². The third kappa shape index (κ3) is 3.74. The number of hydrogen-bond donors (Lipinski definition) is 2. The molecule has 0 saturated heterocycles. The van der Waals surface area contributed by atoms with Crippen molar-refractivity contribution in [3.63, 3.8) is 0 Å². The highest BCUT2D eigenvalue weighted by Gasteiger charge is 2.44. The van der Waals surface area contributed by atoms with E-state index in [2.05, 4.69) is 5.32 Å². The molecule has 0 heterocycles. The van der Waals surface area contributed by atoms with Gasteiger partial charge in [-0.2, -0.15) is 0 Å². The predicted molar refractivity (Wildman–Crippen MR) is 59.9 cm³/mol. The first-order valence-corrected chi connectivity index (χ1v) is 6.09. The third-order valence-electron chi connectivity index (χ3n) is 2.74. The van der Waals surface area contributed by atoms with Gasteiger partial charge in [-0.1, -0.05) is 0 Å². The van der Waals surface area contributed by atoms with Crippen LogP contribution in [0.25, 0.3) is 0 Å². The zero-order valence-electron chi connectivity index (χ0n) is 9.08. The summed E-state index contributed by atoms with van der Waals surface area (Å²) in [5, 5.41) is 11.2. The lowest BCUT2D eigenvalue weighted by Crippen LogP contribution is -2.28. The second kappa shape index (κ2) is 4.88. The van der Waals surface area contributed by atoms with Gasteiger partial charge in [0.15, 0.2) is 0 Å². The number of aliphatic carboxylic acids is 1. The summed E-state index contributed by atoms with van der Waals surface area (Å²) in [4.78, 5) is 21.8. The van der Waals surface area contributed by atoms with Gasteiger partial charge in [-0.25, -0.2) is 0 Å². The summed E-state index contributed by atoms with van der Waals surface area (Å²) in [5.41, 5.74) is -0.0290. The molecule has 1 amide bonds. The van der Waals surface area contributed by atoms with E-state index in [0.29, 0.717) is 0 Å². The Morgan fingerprint density at radius 2 is 2.13 bits per heavy atom. The fourth-order valence-electron chi connectivity index (χ4n) is 1.45. The molecule has 1 saturated carbocycles. The Morgan fingerprint density at radius 3 is 2.53 bits per heavy atom. The van der Waals surface area contributed by atoms with Crippen molar-refractivity contribution < 1.29 is 14.7 Å². The largest absolute Gasteiger partial charge is 0.481 e. The molecule has 86 valence electrons. The molecule has 1 rings (SSSR count). The van der Waals surface area contributed by atoms with Gasteiger partial charge in [0.05, 0.1) is 11.7 Å². The van der Waals surface area contributed by atoms with Crippen LogP contribution < -0.4 is 5.32 Å². The summed E-state index contributed by atoms with van der Waals surface area (Å²) in [7, 11) is 1.61. The SMILES string of the molecule is CNC(=O)C(C)SCC1(CC(=O)O)CC1. The minimum absolute atomic E-state index is 0.00567. The molecule has 1 fully saturated rings. The lowest BCUT2D eigenvalue weighted by atomic mass is 10.1. The average Bonchev–Trinajstić information content (AvgIpc) is 2.92. The highest BCUT2D eigenvalue weighted by molar-refractivity contribution is 8.00. The molecular weight excluding hydrogens is 214 g/mol. The molecule has 2 N–H and O–H groups in total. The smallest absolute Gasteiger partial charge is 0.303 e. The molecular formula is C10H17NO3S. The minimum Gasteiger partial charge on any atom is -0.481 e. The number of carboxylic acid groups (broad SMARTS) is 1. The van der Waals surface area contributed by atoms with Crippen LogP contribution in [0.4, 0.5) is 0 Å². The highest BCUT2D eigenvalue weighted by Crippen LogP contribution is 2.51. The van der Waals surface area contributed by atoms with Crippen molar-refractivity contribution in [1.82, 2.24) is 5.32 Å². The van der Waals surface area contributed by atoms with Crippen LogP contribution in [0.2, 0.25) is 0 Å². The van der Waals surface area contributed by atoms with Crippen molar-refractivity contribution in [2.24, 2.45) is 5.41 Å². The molecule has 0 spiro atoms. The second-order valence-corrected chi connectivity index (χ2v) is 5.47. The fourth-order valence-corrected chi connectivity index (χ4v) is 2.71. The van der Waals surface area contributed by atoms with E-state index in [1.165, 1.54) is 0 Å². The zero-order valence-corrected chi connectivity index (χ0v) is 9.89. The Balaban J connectivity index is 2.30. The van der Waals surface area contributed by atoms with Crippen LogP contribution in [0.5, 0.6) is 0 Å². The quantitative estimate of drug-likeness (QED) is 0.718.